The molecule has 1 aromatic rings. The highest BCUT2D eigenvalue weighted by Crippen LogP contribution is 2.19. The Balaban J connectivity index is 2.03. The number of rotatable bonds is 12. The van der Waals surface area contributed by atoms with E-state index >= 15 is 0 Å². The first kappa shape index (κ1) is 18.0. The van der Waals surface area contributed by atoms with Crippen LogP contribution in [0.1, 0.15) is 57.9 Å². The number of phenolic OH excluding ortho intramolecular Hbond substituents is 1. The first-order valence-electron chi connectivity index (χ1n) is 8.28. The van der Waals surface area contributed by atoms with E-state index in [-0.39, 0.29) is 6.29 Å². The monoisotopic (exact) mass is 294 g/mol. The van der Waals surface area contributed by atoms with Gasteiger partial charge in [0, 0.05) is 13.2 Å². The summed E-state index contributed by atoms with van der Waals surface area (Å²) in [5.74, 6) is 0.425. The van der Waals surface area contributed by atoms with Gasteiger partial charge in [-0.1, -0.05) is 37.5 Å². The van der Waals surface area contributed by atoms with Gasteiger partial charge in [-0.05, 0) is 51.2 Å². The lowest BCUT2D eigenvalue weighted by molar-refractivity contribution is -0.140. The molecule has 3 nitrogen and oxygen atoms in total. The van der Waals surface area contributed by atoms with Crippen molar-refractivity contribution in [3.8, 4) is 5.75 Å². The molecule has 0 amide bonds. The van der Waals surface area contributed by atoms with E-state index in [1.165, 1.54) is 19.3 Å². The Bertz CT molecular complexity index is 359. The third kappa shape index (κ3) is 8.08. The number of aromatic hydroxyl groups is 1. The summed E-state index contributed by atoms with van der Waals surface area (Å²) in [4.78, 5) is 0. The van der Waals surface area contributed by atoms with Crippen molar-refractivity contribution in [1.82, 2.24) is 0 Å². The second kappa shape index (κ2) is 11.6. The topological polar surface area (TPSA) is 38.7 Å². The van der Waals surface area contributed by atoms with E-state index in [0.29, 0.717) is 19.0 Å². The first-order valence-corrected chi connectivity index (χ1v) is 8.28. The number of aryl methyl sites for hydroxylation is 1. The number of hydrogen-bond donors (Lipinski definition) is 1. The summed E-state index contributed by atoms with van der Waals surface area (Å²) in [6.45, 7) is 5.44. The zero-order valence-electron chi connectivity index (χ0n) is 13.5. The van der Waals surface area contributed by atoms with Crippen molar-refractivity contribution in [1.29, 1.82) is 0 Å². The Hall–Kier alpha value is -1.06. The zero-order chi connectivity index (χ0) is 15.3. The summed E-state index contributed by atoms with van der Waals surface area (Å²) in [5.41, 5.74) is 1.06. The van der Waals surface area contributed by atoms with Gasteiger partial charge < -0.3 is 14.6 Å². The lowest BCUT2D eigenvalue weighted by Crippen LogP contribution is -2.17. The Morgan fingerprint density at radius 2 is 1.52 bits per heavy atom. The van der Waals surface area contributed by atoms with Crippen LogP contribution < -0.4 is 0 Å². The predicted octanol–water partition coefficient (Wildman–Crippen LogP) is 4.67. The molecule has 0 fully saturated rings. The number of ether oxygens (including phenoxy) is 2. The predicted molar refractivity (Wildman–Crippen MR) is 86.6 cm³/mol. The van der Waals surface area contributed by atoms with E-state index in [2.05, 4.69) is 0 Å². The van der Waals surface area contributed by atoms with Crippen molar-refractivity contribution >= 4 is 0 Å². The summed E-state index contributed by atoms with van der Waals surface area (Å²) in [6, 6.07) is 7.61. The summed E-state index contributed by atoms with van der Waals surface area (Å²) < 4.78 is 11.1. The fraction of sp³-hybridized carbons (Fsp3) is 0.667. The average Bonchev–Trinajstić information content (AvgIpc) is 2.48. The van der Waals surface area contributed by atoms with E-state index < -0.39 is 0 Å². The van der Waals surface area contributed by atoms with Crippen LogP contribution in [0.4, 0.5) is 0 Å². The SMILES string of the molecule is CCOC(CCCCCCCc1ccccc1O)OCC. The fourth-order valence-electron chi connectivity index (χ4n) is 2.47. The molecule has 1 N–H and O–H groups in total. The van der Waals surface area contributed by atoms with E-state index in [1.807, 2.05) is 32.0 Å². The number of para-hydroxylation sites is 1. The molecular weight excluding hydrogens is 264 g/mol. The number of hydrogen-bond acceptors (Lipinski definition) is 3. The highest BCUT2D eigenvalue weighted by atomic mass is 16.7. The van der Waals surface area contributed by atoms with Crippen LogP contribution in [0.5, 0.6) is 5.75 Å². The Kier molecular flexibility index (Phi) is 9.92. The number of benzene rings is 1. The van der Waals surface area contributed by atoms with Crippen LogP contribution in [0, 0.1) is 0 Å². The lowest BCUT2D eigenvalue weighted by atomic mass is 10.0. The van der Waals surface area contributed by atoms with Gasteiger partial charge >= 0.3 is 0 Å². The normalized spacial score (nSPS) is 11.2. The van der Waals surface area contributed by atoms with Crippen LogP contribution in [0.25, 0.3) is 0 Å². The van der Waals surface area contributed by atoms with Crippen molar-refractivity contribution in [3.63, 3.8) is 0 Å². The van der Waals surface area contributed by atoms with Gasteiger partial charge in [0.15, 0.2) is 6.29 Å². The summed E-state index contributed by atoms with van der Waals surface area (Å²) >= 11 is 0. The standard InChI is InChI=1S/C18H30O3/c1-3-20-18(21-4-2)15-9-7-5-6-8-12-16-13-10-11-14-17(16)19/h10-11,13-14,18-19H,3-9,12,15H2,1-2H3. The minimum Gasteiger partial charge on any atom is -0.508 e. The van der Waals surface area contributed by atoms with Crippen molar-refractivity contribution < 1.29 is 14.6 Å². The minimum absolute atomic E-state index is 0.0266. The molecule has 3 heteroatoms. The van der Waals surface area contributed by atoms with Gasteiger partial charge in [0.25, 0.3) is 0 Å². The molecule has 0 radical (unpaired) electrons. The Morgan fingerprint density at radius 1 is 0.905 bits per heavy atom. The molecule has 0 heterocycles. The maximum atomic E-state index is 9.69. The molecular formula is C18H30O3. The molecule has 0 spiro atoms. The molecule has 1 aromatic carbocycles. The molecule has 21 heavy (non-hydrogen) atoms. The maximum Gasteiger partial charge on any atom is 0.157 e. The zero-order valence-corrected chi connectivity index (χ0v) is 13.5. The van der Waals surface area contributed by atoms with Crippen LogP contribution in [0.3, 0.4) is 0 Å². The first-order chi connectivity index (χ1) is 10.3. The summed E-state index contributed by atoms with van der Waals surface area (Å²) in [5, 5.41) is 9.69. The van der Waals surface area contributed by atoms with Gasteiger partial charge in [0.2, 0.25) is 0 Å². The van der Waals surface area contributed by atoms with Gasteiger partial charge in [-0.15, -0.1) is 0 Å². The molecule has 0 aromatic heterocycles. The van der Waals surface area contributed by atoms with Crippen LogP contribution >= 0.6 is 0 Å². The Morgan fingerprint density at radius 3 is 2.19 bits per heavy atom. The molecule has 120 valence electrons. The highest BCUT2D eigenvalue weighted by Gasteiger charge is 2.06. The van der Waals surface area contributed by atoms with E-state index in [9.17, 15) is 5.11 Å². The van der Waals surface area contributed by atoms with Gasteiger partial charge in [0.05, 0.1) is 0 Å². The van der Waals surface area contributed by atoms with Gasteiger partial charge in [-0.25, -0.2) is 0 Å². The van der Waals surface area contributed by atoms with Crippen LogP contribution in [0.2, 0.25) is 0 Å². The number of phenols is 1. The van der Waals surface area contributed by atoms with Crippen LogP contribution in [-0.4, -0.2) is 24.6 Å². The molecule has 0 unspecified atom stereocenters. The lowest BCUT2D eigenvalue weighted by Gasteiger charge is -2.16. The summed E-state index contributed by atoms with van der Waals surface area (Å²) in [7, 11) is 0. The second-order valence-corrected chi connectivity index (χ2v) is 5.28. The quantitative estimate of drug-likeness (QED) is 0.449. The van der Waals surface area contributed by atoms with E-state index in [1.54, 1.807) is 6.07 Å². The molecule has 0 aliphatic carbocycles. The van der Waals surface area contributed by atoms with E-state index in [4.69, 9.17) is 9.47 Å². The van der Waals surface area contributed by atoms with E-state index in [0.717, 1.165) is 31.2 Å². The second-order valence-electron chi connectivity index (χ2n) is 5.28. The summed E-state index contributed by atoms with van der Waals surface area (Å²) in [6.07, 6.45) is 7.88. The van der Waals surface area contributed by atoms with Gasteiger partial charge in [-0.3, -0.25) is 0 Å². The Labute approximate surface area is 129 Å². The van der Waals surface area contributed by atoms with Crippen molar-refractivity contribution in [3.05, 3.63) is 29.8 Å². The van der Waals surface area contributed by atoms with Crippen molar-refractivity contribution in [2.24, 2.45) is 0 Å². The highest BCUT2D eigenvalue weighted by molar-refractivity contribution is 5.31. The number of unbranched alkanes of at least 4 members (excludes halogenated alkanes) is 4. The molecule has 0 saturated carbocycles. The van der Waals surface area contributed by atoms with Crippen LogP contribution in [0.15, 0.2) is 24.3 Å². The maximum absolute atomic E-state index is 9.69. The molecule has 0 aliphatic rings. The molecule has 0 bridgehead atoms. The smallest absolute Gasteiger partial charge is 0.157 e. The minimum atomic E-state index is -0.0266. The fourth-order valence-corrected chi connectivity index (χ4v) is 2.47. The third-order valence-electron chi connectivity index (χ3n) is 3.58. The van der Waals surface area contributed by atoms with Gasteiger partial charge in [-0.2, -0.15) is 0 Å². The van der Waals surface area contributed by atoms with Crippen molar-refractivity contribution in [2.45, 2.75) is 65.1 Å². The molecule has 0 aliphatic heterocycles. The molecule has 0 atom stereocenters. The largest absolute Gasteiger partial charge is 0.508 e. The third-order valence-corrected chi connectivity index (χ3v) is 3.58. The average molecular weight is 294 g/mol. The molecule has 1 rings (SSSR count). The molecule has 0 saturated heterocycles. The van der Waals surface area contributed by atoms with Gasteiger partial charge in [0.1, 0.15) is 5.75 Å². The van der Waals surface area contributed by atoms with Crippen LogP contribution in [-0.2, 0) is 15.9 Å². The van der Waals surface area contributed by atoms with Crippen molar-refractivity contribution in [2.75, 3.05) is 13.2 Å².